The highest BCUT2D eigenvalue weighted by Crippen LogP contribution is 2.30. The molecule has 32 heavy (non-hydrogen) atoms. The average Bonchev–Trinajstić information content (AvgIpc) is 2.77. The van der Waals surface area contributed by atoms with Gasteiger partial charge in [-0.1, -0.05) is 38.1 Å². The first kappa shape index (κ1) is 25.0. The summed E-state index contributed by atoms with van der Waals surface area (Å²) in [7, 11) is 0. The smallest absolute Gasteiger partial charge is 0.303 e. The number of carboxylic acids is 1. The van der Waals surface area contributed by atoms with Gasteiger partial charge in [-0.2, -0.15) is 0 Å². The van der Waals surface area contributed by atoms with Gasteiger partial charge in [-0.25, -0.2) is 0 Å². The van der Waals surface area contributed by atoms with Gasteiger partial charge in [0.15, 0.2) is 11.6 Å². The Kier molecular flexibility index (Phi) is 9.32. The predicted molar refractivity (Wildman–Crippen MR) is 125 cm³/mol. The predicted octanol–water partition coefficient (Wildman–Crippen LogP) is 4.92. The molecule has 0 aliphatic heterocycles. The summed E-state index contributed by atoms with van der Waals surface area (Å²) in [4.78, 5) is 47.8. The standard InChI is InChI=1S/C20H21NO2.C6H10O3/c1-3-11-21(12-4-2)14-9-10-17-18(13-14)20(23)16-8-6-5-7-15(16)19(17)22;1-5(7)3-2-4-6(8)9/h5-10,13H,3-4,11-12H2,1-2H3;2-4H2,1H3,(H,8,9). The second-order valence-electron chi connectivity index (χ2n) is 7.87. The van der Waals surface area contributed by atoms with Crippen LogP contribution in [0.25, 0.3) is 0 Å². The van der Waals surface area contributed by atoms with Crippen LogP contribution in [0.15, 0.2) is 42.5 Å². The molecule has 6 heteroatoms. The number of hydrogen-bond donors (Lipinski definition) is 1. The molecule has 6 nitrogen and oxygen atoms in total. The Bertz CT molecular complexity index is 975. The van der Waals surface area contributed by atoms with E-state index in [9.17, 15) is 19.2 Å². The van der Waals surface area contributed by atoms with Crippen molar-refractivity contribution in [3.63, 3.8) is 0 Å². The van der Waals surface area contributed by atoms with Crippen LogP contribution in [0.3, 0.4) is 0 Å². The van der Waals surface area contributed by atoms with Gasteiger partial charge in [-0.05, 0) is 44.4 Å². The van der Waals surface area contributed by atoms with Crippen molar-refractivity contribution in [1.82, 2.24) is 0 Å². The molecular weight excluding hydrogens is 406 g/mol. The molecule has 1 aliphatic rings. The Labute approximate surface area is 189 Å². The third-order valence-corrected chi connectivity index (χ3v) is 5.18. The number of ketones is 3. The summed E-state index contributed by atoms with van der Waals surface area (Å²) in [6, 6.07) is 12.7. The largest absolute Gasteiger partial charge is 0.481 e. The lowest BCUT2D eigenvalue weighted by atomic mass is 9.84. The average molecular weight is 438 g/mol. The molecule has 1 N–H and O–H groups in total. The first-order valence-corrected chi connectivity index (χ1v) is 11.1. The fraction of sp³-hybridized carbons (Fsp3) is 0.385. The summed E-state index contributed by atoms with van der Waals surface area (Å²) in [6.45, 7) is 7.65. The van der Waals surface area contributed by atoms with Gasteiger partial charge in [0.2, 0.25) is 0 Å². The second-order valence-corrected chi connectivity index (χ2v) is 7.87. The third-order valence-electron chi connectivity index (χ3n) is 5.18. The van der Waals surface area contributed by atoms with E-state index in [4.69, 9.17) is 5.11 Å². The number of rotatable bonds is 9. The van der Waals surface area contributed by atoms with E-state index < -0.39 is 5.97 Å². The van der Waals surface area contributed by atoms with Crippen molar-refractivity contribution >= 4 is 29.0 Å². The van der Waals surface area contributed by atoms with E-state index in [1.54, 1.807) is 30.3 Å². The van der Waals surface area contributed by atoms with Gasteiger partial charge in [0.25, 0.3) is 0 Å². The first-order valence-electron chi connectivity index (χ1n) is 11.1. The number of carboxylic acid groups (broad SMARTS) is 1. The highest BCUT2D eigenvalue weighted by atomic mass is 16.4. The van der Waals surface area contributed by atoms with Gasteiger partial charge in [0, 0.05) is 53.9 Å². The van der Waals surface area contributed by atoms with E-state index in [0.29, 0.717) is 35.1 Å². The van der Waals surface area contributed by atoms with E-state index in [-0.39, 0.29) is 23.8 Å². The first-order chi connectivity index (χ1) is 15.3. The Morgan fingerprint density at radius 2 is 1.34 bits per heavy atom. The van der Waals surface area contributed by atoms with Crippen LogP contribution >= 0.6 is 0 Å². The number of hydrogen-bond acceptors (Lipinski definition) is 5. The minimum absolute atomic E-state index is 0.0509. The molecule has 0 aromatic heterocycles. The molecule has 170 valence electrons. The summed E-state index contributed by atoms with van der Waals surface area (Å²) in [5, 5.41) is 8.12. The molecule has 1 aliphatic carbocycles. The molecule has 0 radical (unpaired) electrons. The van der Waals surface area contributed by atoms with Gasteiger partial charge in [-0.3, -0.25) is 14.4 Å². The zero-order valence-corrected chi connectivity index (χ0v) is 19.0. The maximum absolute atomic E-state index is 12.8. The normalized spacial score (nSPS) is 11.7. The molecular formula is C26H31NO5. The maximum atomic E-state index is 12.8. The fourth-order valence-electron chi connectivity index (χ4n) is 3.68. The number of benzene rings is 2. The minimum Gasteiger partial charge on any atom is -0.481 e. The number of aliphatic carboxylic acids is 1. The Morgan fingerprint density at radius 3 is 1.84 bits per heavy atom. The van der Waals surface area contributed by atoms with Crippen LogP contribution in [0.5, 0.6) is 0 Å². The quantitative estimate of drug-likeness (QED) is 0.511. The van der Waals surface area contributed by atoms with E-state index in [1.165, 1.54) is 6.92 Å². The van der Waals surface area contributed by atoms with E-state index in [0.717, 1.165) is 31.6 Å². The number of anilines is 1. The van der Waals surface area contributed by atoms with Gasteiger partial charge in [-0.15, -0.1) is 0 Å². The fourth-order valence-corrected chi connectivity index (χ4v) is 3.68. The van der Waals surface area contributed by atoms with Crippen molar-refractivity contribution in [1.29, 1.82) is 0 Å². The molecule has 0 saturated heterocycles. The second kappa shape index (κ2) is 11.9. The molecule has 2 aromatic rings. The molecule has 3 rings (SSSR count). The Balaban J connectivity index is 0.000000344. The topological polar surface area (TPSA) is 91.8 Å². The monoisotopic (exact) mass is 437 g/mol. The van der Waals surface area contributed by atoms with Crippen molar-refractivity contribution in [2.75, 3.05) is 18.0 Å². The summed E-state index contributed by atoms with van der Waals surface area (Å²) in [6.07, 6.45) is 3.04. The number of carbonyl (C=O) groups excluding carboxylic acids is 3. The number of Topliss-reactive ketones (excluding diaryl/α,β-unsaturated/α-hetero) is 1. The Hall–Kier alpha value is -3.28. The number of nitrogens with zero attached hydrogens (tertiary/aromatic N) is 1. The zero-order valence-electron chi connectivity index (χ0n) is 19.0. The number of fused-ring (bicyclic) bond motifs is 2. The maximum Gasteiger partial charge on any atom is 0.303 e. The van der Waals surface area contributed by atoms with Gasteiger partial charge >= 0.3 is 5.97 Å². The van der Waals surface area contributed by atoms with Crippen molar-refractivity contribution in [3.05, 3.63) is 64.7 Å². The SMILES string of the molecule is CC(=O)CCCC(=O)O.CCCN(CCC)c1ccc2c(c1)C(=O)c1ccccc1C2=O. The summed E-state index contributed by atoms with van der Waals surface area (Å²) < 4.78 is 0. The van der Waals surface area contributed by atoms with Crippen molar-refractivity contribution in [2.24, 2.45) is 0 Å². The highest BCUT2D eigenvalue weighted by Gasteiger charge is 2.29. The van der Waals surface area contributed by atoms with Crippen LogP contribution in [-0.2, 0) is 9.59 Å². The van der Waals surface area contributed by atoms with Crippen LogP contribution in [0.1, 0.15) is 84.7 Å². The van der Waals surface area contributed by atoms with Crippen LogP contribution in [-0.4, -0.2) is 41.5 Å². The molecule has 2 aromatic carbocycles. The third kappa shape index (κ3) is 6.36. The molecule has 0 fully saturated rings. The summed E-state index contributed by atoms with van der Waals surface area (Å²) >= 11 is 0. The van der Waals surface area contributed by atoms with Crippen LogP contribution in [0, 0.1) is 0 Å². The van der Waals surface area contributed by atoms with Gasteiger partial charge in [0.05, 0.1) is 0 Å². The van der Waals surface area contributed by atoms with Gasteiger partial charge in [0.1, 0.15) is 5.78 Å². The van der Waals surface area contributed by atoms with Gasteiger partial charge < -0.3 is 14.8 Å². The van der Waals surface area contributed by atoms with E-state index in [1.807, 2.05) is 12.1 Å². The van der Waals surface area contributed by atoms with Crippen molar-refractivity contribution < 1.29 is 24.3 Å². The molecule has 0 bridgehead atoms. The van der Waals surface area contributed by atoms with Crippen molar-refractivity contribution in [2.45, 2.75) is 52.9 Å². The van der Waals surface area contributed by atoms with E-state index in [2.05, 4.69) is 18.7 Å². The van der Waals surface area contributed by atoms with Crippen LogP contribution < -0.4 is 4.90 Å². The van der Waals surface area contributed by atoms with Crippen molar-refractivity contribution in [3.8, 4) is 0 Å². The lowest BCUT2D eigenvalue weighted by Crippen LogP contribution is -2.26. The van der Waals surface area contributed by atoms with Crippen LogP contribution in [0.4, 0.5) is 5.69 Å². The van der Waals surface area contributed by atoms with E-state index >= 15 is 0 Å². The molecule has 0 spiro atoms. The highest BCUT2D eigenvalue weighted by molar-refractivity contribution is 6.28. The molecule has 0 saturated carbocycles. The minimum atomic E-state index is -0.837. The molecule has 0 atom stereocenters. The number of carbonyl (C=O) groups is 4. The molecule has 0 heterocycles. The lowest BCUT2D eigenvalue weighted by molar-refractivity contribution is -0.137. The molecule has 0 unspecified atom stereocenters. The summed E-state index contributed by atoms with van der Waals surface area (Å²) in [5.41, 5.74) is 3.10. The zero-order chi connectivity index (χ0) is 23.7. The molecule has 0 amide bonds. The lowest BCUT2D eigenvalue weighted by Gasteiger charge is -2.26. The summed E-state index contributed by atoms with van der Waals surface area (Å²) in [5.74, 6) is -0.892. The Morgan fingerprint density at radius 1 is 0.812 bits per heavy atom. The van der Waals surface area contributed by atoms with Crippen LogP contribution in [0.2, 0.25) is 0 Å².